The van der Waals surface area contributed by atoms with Gasteiger partial charge in [0.15, 0.2) is 6.29 Å². The third-order valence-corrected chi connectivity index (χ3v) is 3.21. The lowest BCUT2D eigenvalue weighted by molar-refractivity contribution is 0.112. The van der Waals surface area contributed by atoms with Gasteiger partial charge < -0.3 is 4.74 Å². The van der Waals surface area contributed by atoms with Crippen LogP contribution in [0.1, 0.15) is 17.3 Å². The topological polar surface area (TPSA) is 86.5 Å². The summed E-state index contributed by atoms with van der Waals surface area (Å²) in [7, 11) is -3.76. The van der Waals surface area contributed by atoms with Gasteiger partial charge in [-0.05, 0) is 25.1 Å². The van der Waals surface area contributed by atoms with Crippen LogP contribution in [-0.2, 0) is 10.0 Å². The molecule has 0 heterocycles. The average molecular weight is 264 g/mol. The molecule has 0 radical (unpaired) electrons. The molecule has 0 aliphatic heterocycles. The second kappa shape index (κ2) is 4.82. The average Bonchev–Trinajstić information content (AvgIpc) is 2.16. The number of primary sulfonamides is 1. The van der Waals surface area contributed by atoms with Crippen LogP contribution in [-0.4, -0.2) is 20.1 Å². The van der Waals surface area contributed by atoms with Gasteiger partial charge in [-0.15, -0.1) is 0 Å². The molecule has 1 atom stereocenters. The Morgan fingerprint density at radius 3 is 2.56 bits per heavy atom. The summed E-state index contributed by atoms with van der Waals surface area (Å²) in [6.45, 7) is 1.30. The summed E-state index contributed by atoms with van der Waals surface area (Å²) >= 11 is 5.74. The fourth-order valence-corrected chi connectivity index (χ4v) is 1.40. The van der Waals surface area contributed by atoms with Crippen molar-refractivity contribution in [3.8, 4) is 5.75 Å². The van der Waals surface area contributed by atoms with Gasteiger partial charge in [0.25, 0.3) is 0 Å². The highest BCUT2D eigenvalue weighted by molar-refractivity contribution is 7.89. The van der Waals surface area contributed by atoms with E-state index in [1.807, 2.05) is 0 Å². The Morgan fingerprint density at radius 2 is 2.12 bits per heavy atom. The summed E-state index contributed by atoms with van der Waals surface area (Å²) in [6.07, 6.45) is 0.592. The molecular weight excluding hydrogens is 254 g/mol. The number of rotatable bonds is 4. The predicted octanol–water partition coefficient (Wildman–Crippen LogP) is 1.17. The van der Waals surface area contributed by atoms with Crippen LogP contribution in [0.2, 0.25) is 5.02 Å². The van der Waals surface area contributed by atoms with Gasteiger partial charge in [0.2, 0.25) is 15.5 Å². The first-order valence-corrected chi connectivity index (χ1v) is 6.26. The van der Waals surface area contributed by atoms with Gasteiger partial charge in [-0.3, -0.25) is 4.79 Å². The fourth-order valence-electron chi connectivity index (χ4n) is 0.935. The quantitative estimate of drug-likeness (QED) is 0.826. The highest BCUT2D eigenvalue weighted by Gasteiger charge is 2.17. The van der Waals surface area contributed by atoms with Crippen molar-refractivity contribution in [3.63, 3.8) is 0 Å². The van der Waals surface area contributed by atoms with Crippen LogP contribution in [0, 0.1) is 0 Å². The molecular formula is C9H10ClNO4S. The lowest BCUT2D eigenvalue weighted by Crippen LogP contribution is -2.30. The van der Waals surface area contributed by atoms with E-state index in [-0.39, 0.29) is 10.8 Å². The van der Waals surface area contributed by atoms with Crippen LogP contribution in [0.4, 0.5) is 0 Å². The van der Waals surface area contributed by atoms with E-state index in [0.29, 0.717) is 11.8 Å². The molecule has 16 heavy (non-hydrogen) atoms. The molecule has 88 valence electrons. The summed E-state index contributed by atoms with van der Waals surface area (Å²) in [5, 5.41) is 5.07. The normalized spacial score (nSPS) is 13.2. The standard InChI is InChI=1S/C9H10ClNO4S/c1-6(16(11,13)14)15-8-3-2-7(5-12)9(10)4-8/h2-6H,1H3,(H2,11,13,14). The number of hydrogen-bond acceptors (Lipinski definition) is 4. The van der Waals surface area contributed by atoms with Crippen molar-refractivity contribution in [2.45, 2.75) is 12.4 Å². The molecule has 1 rings (SSSR count). The maximum absolute atomic E-state index is 10.9. The SMILES string of the molecule is CC(Oc1ccc(C=O)c(Cl)c1)S(N)(=O)=O. The maximum atomic E-state index is 10.9. The van der Waals surface area contributed by atoms with Crippen molar-refractivity contribution in [1.29, 1.82) is 0 Å². The first-order chi connectivity index (χ1) is 7.34. The lowest BCUT2D eigenvalue weighted by atomic mass is 10.2. The van der Waals surface area contributed by atoms with Gasteiger partial charge in [-0.2, -0.15) is 0 Å². The van der Waals surface area contributed by atoms with Crippen molar-refractivity contribution in [1.82, 2.24) is 0 Å². The third-order valence-electron chi connectivity index (χ3n) is 1.86. The van der Waals surface area contributed by atoms with Crippen LogP contribution in [0.25, 0.3) is 0 Å². The Morgan fingerprint density at radius 1 is 1.50 bits per heavy atom. The largest absolute Gasteiger partial charge is 0.473 e. The number of nitrogens with two attached hydrogens (primary N) is 1. The van der Waals surface area contributed by atoms with Crippen LogP contribution < -0.4 is 9.88 Å². The van der Waals surface area contributed by atoms with Gasteiger partial charge in [0.05, 0.1) is 5.02 Å². The Hall–Kier alpha value is -1.11. The second-order valence-electron chi connectivity index (χ2n) is 3.08. The Labute approximate surface area is 98.2 Å². The van der Waals surface area contributed by atoms with Crippen molar-refractivity contribution in [2.24, 2.45) is 5.14 Å². The zero-order valence-corrected chi connectivity index (χ0v) is 9.96. The molecule has 0 aliphatic carbocycles. The molecule has 0 saturated heterocycles. The number of carbonyl (C=O) groups excluding carboxylic acids is 1. The Kier molecular flexibility index (Phi) is 3.90. The molecule has 1 unspecified atom stereocenters. The van der Waals surface area contributed by atoms with Crippen molar-refractivity contribution < 1.29 is 17.9 Å². The lowest BCUT2D eigenvalue weighted by Gasteiger charge is -2.12. The molecule has 5 nitrogen and oxygen atoms in total. The number of halogens is 1. The second-order valence-corrected chi connectivity index (χ2v) is 5.32. The van der Waals surface area contributed by atoms with E-state index in [1.165, 1.54) is 25.1 Å². The monoisotopic (exact) mass is 263 g/mol. The summed E-state index contributed by atoms with van der Waals surface area (Å²) in [4.78, 5) is 10.5. The molecule has 1 aromatic carbocycles. The molecule has 0 aromatic heterocycles. The van der Waals surface area contributed by atoms with Crippen LogP contribution >= 0.6 is 11.6 Å². The molecule has 1 aromatic rings. The van der Waals surface area contributed by atoms with Crippen molar-refractivity contribution >= 4 is 27.9 Å². The van der Waals surface area contributed by atoms with E-state index in [2.05, 4.69) is 0 Å². The summed E-state index contributed by atoms with van der Waals surface area (Å²) in [5.74, 6) is 0.233. The Bertz CT molecular complexity index is 500. The zero-order chi connectivity index (χ0) is 12.3. The van der Waals surface area contributed by atoms with Crippen LogP contribution in [0.3, 0.4) is 0 Å². The van der Waals surface area contributed by atoms with Gasteiger partial charge >= 0.3 is 0 Å². The highest BCUT2D eigenvalue weighted by atomic mass is 35.5. The third kappa shape index (κ3) is 3.19. The molecule has 0 bridgehead atoms. The number of hydrogen-bond donors (Lipinski definition) is 1. The first kappa shape index (κ1) is 13.0. The molecule has 0 fully saturated rings. The van der Waals surface area contributed by atoms with Gasteiger partial charge in [0.1, 0.15) is 5.75 Å². The van der Waals surface area contributed by atoms with E-state index in [0.717, 1.165) is 0 Å². The van der Waals surface area contributed by atoms with E-state index in [4.69, 9.17) is 21.5 Å². The summed E-state index contributed by atoms with van der Waals surface area (Å²) in [5.41, 5.74) is -0.872. The number of sulfonamides is 1. The molecule has 0 aliphatic rings. The number of ether oxygens (including phenoxy) is 1. The predicted molar refractivity (Wildman–Crippen MR) is 60.0 cm³/mol. The van der Waals surface area contributed by atoms with Gasteiger partial charge in [-0.1, -0.05) is 11.6 Å². The Balaban J connectivity index is 2.92. The first-order valence-electron chi connectivity index (χ1n) is 4.27. The fraction of sp³-hybridized carbons (Fsp3) is 0.222. The summed E-state index contributed by atoms with van der Waals surface area (Å²) < 4.78 is 26.9. The highest BCUT2D eigenvalue weighted by Crippen LogP contribution is 2.22. The van der Waals surface area contributed by atoms with E-state index in [9.17, 15) is 13.2 Å². The van der Waals surface area contributed by atoms with E-state index in [1.54, 1.807) is 0 Å². The van der Waals surface area contributed by atoms with Crippen molar-refractivity contribution in [2.75, 3.05) is 0 Å². The zero-order valence-electron chi connectivity index (χ0n) is 8.38. The molecule has 2 N–H and O–H groups in total. The van der Waals surface area contributed by atoms with E-state index < -0.39 is 15.5 Å². The molecule has 0 amide bonds. The minimum atomic E-state index is -3.76. The van der Waals surface area contributed by atoms with E-state index >= 15 is 0 Å². The minimum Gasteiger partial charge on any atom is -0.473 e. The molecule has 0 saturated carbocycles. The number of benzene rings is 1. The number of aldehydes is 1. The van der Waals surface area contributed by atoms with Crippen LogP contribution in [0.15, 0.2) is 18.2 Å². The van der Waals surface area contributed by atoms with Crippen LogP contribution in [0.5, 0.6) is 5.75 Å². The minimum absolute atomic E-state index is 0.189. The van der Waals surface area contributed by atoms with Gasteiger partial charge in [-0.25, -0.2) is 13.6 Å². The number of carbonyl (C=O) groups is 1. The maximum Gasteiger partial charge on any atom is 0.247 e. The molecule has 7 heteroatoms. The van der Waals surface area contributed by atoms with Gasteiger partial charge in [0, 0.05) is 5.56 Å². The van der Waals surface area contributed by atoms with Crippen molar-refractivity contribution in [3.05, 3.63) is 28.8 Å². The summed E-state index contributed by atoms with van der Waals surface area (Å²) in [6, 6.07) is 4.23. The smallest absolute Gasteiger partial charge is 0.247 e. The molecule has 0 spiro atoms.